The summed E-state index contributed by atoms with van der Waals surface area (Å²) in [4.78, 5) is 32.1. The van der Waals surface area contributed by atoms with Crippen molar-refractivity contribution in [2.45, 2.75) is 6.42 Å². The minimum Gasteiger partial charge on any atom is -0.368 e. The molecule has 1 saturated heterocycles. The van der Waals surface area contributed by atoms with E-state index in [4.69, 9.17) is 11.6 Å². The van der Waals surface area contributed by atoms with Crippen molar-refractivity contribution in [2.75, 3.05) is 54.9 Å². The number of urea groups is 1. The first-order valence-electron chi connectivity index (χ1n) is 11.5. The highest BCUT2D eigenvalue weighted by Crippen LogP contribution is 2.38. The van der Waals surface area contributed by atoms with Gasteiger partial charge in [-0.1, -0.05) is 41.9 Å². The fraction of sp³-hybridized carbons (Fsp3) is 0.259. The molecule has 0 radical (unpaired) electrons. The summed E-state index contributed by atoms with van der Waals surface area (Å²) < 4.78 is 0. The summed E-state index contributed by atoms with van der Waals surface area (Å²) >= 11 is 6.62. The topological polar surface area (TPSA) is 55.9 Å². The van der Waals surface area contributed by atoms with Crippen LogP contribution in [0.3, 0.4) is 0 Å². The molecule has 3 aromatic carbocycles. The molecule has 2 aliphatic heterocycles. The van der Waals surface area contributed by atoms with Crippen molar-refractivity contribution in [1.82, 2.24) is 4.90 Å². The smallest absolute Gasteiger partial charge is 0.326 e. The average Bonchev–Trinajstić information content (AvgIpc) is 3.27. The maximum atomic E-state index is 13.1. The van der Waals surface area contributed by atoms with Gasteiger partial charge in [-0.2, -0.15) is 0 Å². The zero-order valence-electron chi connectivity index (χ0n) is 19.1. The summed E-state index contributed by atoms with van der Waals surface area (Å²) in [5, 5.41) is 3.71. The number of anilines is 3. The second-order valence-electron chi connectivity index (χ2n) is 8.83. The molecule has 34 heavy (non-hydrogen) atoms. The Morgan fingerprint density at radius 3 is 2.21 bits per heavy atom. The Labute approximate surface area is 204 Å². The van der Waals surface area contributed by atoms with Crippen LogP contribution in [0.25, 0.3) is 0 Å². The van der Waals surface area contributed by atoms with E-state index >= 15 is 0 Å². The third-order valence-corrected chi connectivity index (χ3v) is 6.87. The number of carbonyl (C=O) groups is 2. The van der Waals surface area contributed by atoms with Gasteiger partial charge in [-0.3, -0.25) is 9.69 Å². The molecule has 0 aliphatic carbocycles. The Kier molecular flexibility index (Phi) is 6.26. The third kappa shape index (κ3) is 4.52. The molecule has 7 heteroatoms. The van der Waals surface area contributed by atoms with E-state index in [-0.39, 0.29) is 11.8 Å². The van der Waals surface area contributed by atoms with Crippen LogP contribution in [0.15, 0.2) is 66.7 Å². The molecule has 1 fully saturated rings. The van der Waals surface area contributed by atoms with Crippen LogP contribution in [-0.4, -0.2) is 56.5 Å². The summed E-state index contributed by atoms with van der Waals surface area (Å²) in [6.07, 6.45) is 0.774. The van der Waals surface area contributed by atoms with Gasteiger partial charge < -0.3 is 15.1 Å². The molecule has 3 aromatic rings. The SMILES string of the molecule is CN1CCN(c2cc3c(cc2Cl)CCN3C(=O)Nc2ccc(C(=O)c3ccccc3)cc2)CC1. The second kappa shape index (κ2) is 9.49. The Bertz CT molecular complexity index is 1210. The van der Waals surface area contributed by atoms with Gasteiger partial charge in [0.15, 0.2) is 5.78 Å². The minimum atomic E-state index is -0.187. The van der Waals surface area contributed by atoms with Crippen LogP contribution in [-0.2, 0) is 6.42 Å². The number of halogens is 1. The highest BCUT2D eigenvalue weighted by molar-refractivity contribution is 6.33. The highest BCUT2D eigenvalue weighted by atomic mass is 35.5. The minimum absolute atomic E-state index is 0.0414. The number of likely N-dealkylation sites (N-methyl/N-ethyl adjacent to an activating group) is 1. The molecule has 0 spiro atoms. The van der Waals surface area contributed by atoms with Crippen LogP contribution in [0.2, 0.25) is 5.02 Å². The molecule has 0 aromatic heterocycles. The van der Waals surface area contributed by atoms with Gasteiger partial charge in [0.05, 0.1) is 16.4 Å². The number of hydrogen-bond donors (Lipinski definition) is 1. The third-order valence-electron chi connectivity index (χ3n) is 6.57. The fourth-order valence-electron chi connectivity index (χ4n) is 4.55. The molecule has 2 heterocycles. The van der Waals surface area contributed by atoms with E-state index in [0.29, 0.717) is 23.4 Å². The van der Waals surface area contributed by atoms with E-state index in [1.807, 2.05) is 24.3 Å². The lowest BCUT2D eigenvalue weighted by Crippen LogP contribution is -2.44. The van der Waals surface area contributed by atoms with Gasteiger partial charge >= 0.3 is 6.03 Å². The molecular formula is C27H27ClN4O2. The maximum Gasteiger partial charge on any atom is 0.326 e. The zero-order chi connectivity index (χ0) is 23.7. The highest BCUT2D eigenvalue weighted by Gasteiger charge is 2.28. The predicted molar refractivity (Wildman–Crippen MR) is 138 cm³/mol. The number of fused-ring (bicyclic) bond motifs is 1. The summed E-state index contributed by atoms with van der Waals surface area (Å²) in [7, 11) is 2.12. The van der Waals surface area contributed by atoms with Gasteiger partial charge in [-0.25, -0.2) is 4.79 Å². The number of rotatable bonds is 4. The number of carbonyl (C=O) groups excluding carboxylic acids is 2. The average molecular weight is 475 g/mol. The Morgan fingerprint density at radius 1 is 0.824 bits per heavy atom. The molecule has 0 bridgehead atoms. The Hall–Kier alpha value is -3.35. The predicted octanol–water partition coefficient (Wildman–Crippen LogP) is 4.92. The first kappa shape index (κ1) is 22.4. The first-order chi connectivity index (χ1) is 16.5. The number of nitrogens with zero attached hydrogens (tertiary/aromatic N) is 3. The van der Waals surface area contributed by atoms with Crippen molar-refractivity contribution < 1.29 is 9.59 Å². The van der Waals surface area contributed by atoms with Crippen molar-refractivity contribution in [2.24, 2.45) is 0 Å². The molecular weight excluding hydrogens is 448 g/mol. The normalized spacial score (nSPS) is 15.8. The number of hydrogen-bond acceptors (Lipinski definition) is 4. The van der Waals surface area contributed by atoms with Gasteiger partial charge in [-0.15, -0.1) is 0 Å². The van der Waals surface area contributed by atoms with Crippen LogP contribution < -0.4 is 15.1 Å². The molecule has 2 aliphatic rings. The van der Waals surface area contributed by atoms with E-state index in [9.17, 15) is 9.59 Å². The van der Waals surface area contributed by atoms with Crippen molar-refractivity contribution in [3.05, 3.63) is 88.4 Å². The summed E-state index contributed by atoms with van der Waals surface area (Å²) in [6.45, 7) is 4.40. The lowest BCUT2D eigenvalue weighted by Gasteiger charge is -2.35. The number of piperazine rings is 1. The van der Waals surface area contributed by atoms with Gasteiger partial charge in [-0.05, 0) is 55.4 Å². The Balaban J connectivity index is 1.30. The molecule has 0 unspecified atom stereocenters. The lowest BCUT2D eigenvalue weighted by atomic mass is 10.0. The molecule has 5 rings (SSSR count). The lowest BCUT2D eigenvalue weighted by molar-refractivity contribution is 0.103. The number of nitrogens with one attached hydrogen (secondary N) is 1. The second-order valence-corrected chi connectivity index (χ2v) is 9.23. The van der Waals surface area contributed by atoms with E-state index in [2.05, 4.69) is 28.2 Å². The van der Waals surface area contributed by atoms with Crippen LogP contribution in [0, 0.1) is 0 Å². The van der Waals surface area contributed by atoms with Crippen molar-refractivity contribution in [3.8, 4) is 0 Å². The molecule has 2 amide bonds. The largest absolute Gasteiger partial charge is 0.368 e. The monoisotopic (exact) mass is 474 g/mol. The molecule has 6 nitrogen and oxygen atoms in total. The number of ketones is 1. The molecule has 0 atom stereocenters. The van der Waals surface area contributed by atoms with E-state index in [1.54, 1.807) is 41.3 Å². The number of amides is 2. The first-order valence-corrected chi connectivity index (χ1v) is 11.9. The van der Waals surface area contributed by atoms with Gasteiger partial charge in [0.1, 0.15) is 0 Å². The summed E-state index contributed by atoms with van der Waals surface area (Å²) in [6, 6.07) is 20.1. The molecule has 0 saturated carbocycles. The quantitative estimate of drug-likeness (QED) is 0.545. The standard InChI is InChI=1S/C27H27ClN4O2/c1-30-13-15-31(16-14-30)25-18-24-21(17-23(25)28)11-12-32(24)27(34)29-22-9-7-20(8-10-22)26(33)19-5-3-2-4-6-19/h2-10,17-18H,11-16H2,1H3,(H,29,34). The zero-order valence-corrected chi connectivity index (χ0v) is 19.9. The number of benzene rings is 3. The van der Waals surface area contributed by atoms with Crippen molar-refractivity contribution in [3.63, 3.8) is 0 Å². The fourth-order valence-corrected chi connectivity index (χ4v) is 4.85. The molecule has 174 valence electrons. The van der Waals surface area contributed by atoms with Crippen molar-refractivity contribution in [1.29, 1.82) is 0 Å². The van der Waals surface area contributed by atoms with Gasteiger partial charge in [0.2, 0.25) is 0 Å². The van der Waals surface area contributed by atoms with Crippen LogP contribution in [0.4, 0.5) is 21.9 Å². The maximum absolute atomic E-state index is 13.1. The van der Waals surface area contributed by atoms with E-state index < -0.39 is 0 Å². The van der Waals surface area contributed by atoms with Gasteiger partial charge in [0.25, 0.3) is 0 Å². The van der Waals surface area contributed by atoms with Crippen LogP contribution in [0.1, 0.15) is 21.5 Å². The van der Waals surface area contributed by atoms with E-state index in [0.717, 1.165) is 54.6 Å². The van der Waals surface area contributed by atoms with E-state index in [1.165, 1.54) is 0 Å². The Morgan fingerprint density at radius 2 is 1.50 bits per heavy atom. The summed E-state index contributed by atoms with van der Waals surface area (Å²) in [5.41, 5.74) is 4.85. The van der Waals surface area contributed by atoms with Crippen LogP contribution in [0.5, 0.6) is 0 Å². The van der Waals surface area contributed by atoms with Crippen LogP contribution >= 0.6 is 11.6 Å². The van der Waals surface area contributed by atoms with Gasteiger partial charge in [0, 0.05) is 49.5 Å². The molecule has 1 N–H and O–H groups in total. The van der Waals surface area contributed by atoms with Crippen molar-refractivity contribution >= 4 is 40.5 Å². The summed E-state index contributed by atoms with van der Waals surface area (Å²) in [5.74, 6) is -0.0414.